The molecule has 0 atom stereocenters. The van der Waals surface area contributed by atoms with E-state index in [1.165, 1.54) is 81.0 Å². The molecule has 0 amide bonds. The average Bonchev–Trinajstić information content (AvgIpc) is 3.58. The number of thiophene rings is 1. The summed E-state index contributed by atoms with van der Waals surface area (Å²) >= 11 is 1.88. The molecular formula is C43H28OS. The van der Waals surface area contributed by atoms with E-state index in [4.69, 9.17) is 4.74 Å². The van der Waals surface area contributed by atoms with Crippen molar-refractivity contribution in [3.05, 3.63) is 145 Å². The summed E-state index contributed by atoms with van der Waals surface area (Å²) in [5.74, 6) is 1.83. The summed E-state index contributed by atoms with van der Waals surface area (Å²) in [4.78, 5) is 0. The molecule has 0 unspecified atom stereocenters. The lowest BCUT2D eigenvalue weighted by atomic mass is 9.82. The van der Waals surface area contributed by atoms with Gasteiger partial charge in [-0.05, 0) is 80.2 Å². The zero-order chi connectivity index (χ0) is 29.9. The maximum atomic E-state index is 6.65. The molecule has 0 saturated heterocycles. The van der Waals surface area contributed by atoms with Crippen LogP contribution in [0.2, 0.25) is 0 Å². The van der Waals surface area contributed by atoms with Crippen LogP contribution in [-0.4, -0.2) is 0 Å². The highest BCUT2D eigenvalue weighted by Crippen LogP contribution is 2.54. The van der Waals surface area contributed by atoms with Gasteiger partial charge >= 0.3 is 0 Å². The Labute approximate surface area is 266 Å². The topological polar surface area (TPSA) is 9.23 Å². The molecule has 2 aliphatic rings. The van der Waals surface area contributed by atoms with Crippen molar-refractivity contribution in [2.75, 3.05) is 0 Å². The van der Waals surface area contributed by atoms with Crippen molar-refractivity contribution in [3.8, 4) is 56.0 Å². The smallest absolute Gasteiger partial charge is 0.135 e. The molecule has 212 valence electrons. The summed E-state index contributed by atoms with van der Waals surface area (Å²) in [6.45, 7) is 4.69. The lowest BCUT2D eigenvalue weighted by Crippen LogP contribution is -2.14. The van der Waals surface area contributed by atoms with Crippen LogP contribution in [-0.2, 0) is 5.41 Å². The molecule has 0 saturated carbocycles. The SMILES string of the molecule is CC1(C)c2ccccc2-c2c(-c3ccc4c(c3)-c3cccc5c(-c6cccc7c6sc6ccccc67)ccc(c35)O4)cccc21. The second kappa shape index (κ2) is 8.94. The minimum absolute atomic E-state index is 0.0303. The quantitative estimate of drug-likeness (QED) is 0.194. The molecule has 0 fully saturated rings. The summed E-state index contributed by atoms with van der Waals surface area (Å²) in [6, 6.07) is 49.0. The molecule has 8 aromatic rings. The molecule has 45 heavy (non-hydrogen) atoms. The third-order valence-corrected chi connectivity index (χ3v) is 11.3. The molecule has 1 aromatic heterocycles. The van der Waals surface area contributed by atoms with E-state index in [9.17, 15) is 0 Å². The van der Waals surface area contributed by atoms with Crippen molar-refractivity contribution in [2.45, 2.75) is 19.3 Å². The molecule has 7 aromatic carbocycles. The van der Waals surface area contributed by atoms with Gasteiger partial charge in [0.2, 0.25) is 0 Å². The Bertz CT molecular complexity index is 2550. The first-order valence-corrected chi connectivity index (χ1v) is 16.4. The van der Waals surface area contributed by atoms with Crippen LogP contribution in [0.25, 0.3) is 75.5 Å². The van der Waals surface area contributed by atoms with Gasteiger partial charge in [-0.25, -0.2) is 0 Å². The Hall–Kier alpha value is -5.18. The van der Waals surface area contributed by atoms with E-state index in [0.29, 0.717) is 0 Å². The van der Waals surface area contributed by atoms with Gasteiger partial charge in [-0.2, -0.15) is 0 Å². The zero-order valence-corrected chi connectivity index (χ0v) is 25.8. The molecule has 2 heterocycles. The fourth-order valence-electron chi connectivity index (χ4n) is 7.99. The van der Waals surface area contributed by atoms with Gasteiger partial charge in [0.15, 0.2) is 0 Å². The summed E-state index contributed by atoms with van der Waals surface area (Å²) in [5.41, 5.74) is 12.8. The van der Waals surface area contributed by atoms with Crippen LogP contribution in [0, 0.1) is 0 Å². The first-order valence-electron chi connectivity index (χ1n) is 15.6. The van der Waals surface area contributed by atoms with E-state index in [2.05, 4.69) is 147 Å². The second-order valence-corrected chi connectivity index (χ2v) is 13.9. The maximum absolute atomic E-state index is 6.65. The van der Waals surface area contributed by atoms with Gasteiger partial charge in [-0.3, -0.25) is 0 Å². The molecule has 1 aliphatic heterocycles. The monoisotopic (exact) mass is 592 g/mol. The maximum Gasteiger partial charge on any atom is 0.135 e. The summed E-state index contributed by atoms with van der Waals surface area (Å²) in [6.07, 6.45) is 0. The van der Waals surface area contributed by atoms with Gasteiger partial charge < -0.3 is 4.74 Å². The van der Waals surface area contributed by atoms with Gasteiger partial charge in [-0.15, -0.1) is 11.3 Å². The predicted octanol–water partition coefficient (Wildman–Crippen LogP) is 12.6. The van der Waals surface area contributed by atoms with E-state index in [-0.39, 0.29) is 5.41 Å². The Morgan fingerprint density at radius 1 is 0.489 bits per heavy atom. The van der Waals surface area contributed by atoms with E-state index in [0.717, 1.165) is 17.1 Å². The highest BCUT2D eigenvalue weighted by atomic mass is 32.1. The number of hydrogen-bond acceptors (Lipinski definition) is 2. The largest absolute Gasteiger partial charge is 0.456 e. The van der Waals surface area contributed by atoms with Crippen LogP contribution in [0.3, 0.4) is 0 Å². The van der Waals surface area contributed by atoms with Crippen molar-refractivity contribution < 1.29 is 4.74 Å². The molecule has 2 heteroatoms. The predicted molar refractivity (Wildman–Crippen MR) is 191 cm³/mol. The van der Waals surface area contributed by atoms with Gasteiger partial charge in [0.25, 0.3) is 0 Å². The average molecular weight is 593 g/mol. The van der Waals surface area contributed by atoms with Gasteiger partial charge in [0.05, 0.1) is 0 Å². The first kappa shape index (κ1) is 25.2. The highest BCUT2D eigenvalue weighted by Gasteiger charge is 2.36. The van der Waals surface area contributed by atoms with Crippen LogP contribution in [0.5, 0.6) is 11.5 Å². The third-order valence-electron chi connectivity index (χ3n) is 10.1. The molecule has 10 rings (SSSR count). The Morgan fingerprint density at radius 3 is 2.11 bits per heavy atom. The van der Waals surface area contributed by atoms with Gasteiger partial charge in [0.1, 0.15) is 11.5 Å². The number of fused-ring (bicyclic) bond motifs is 8. The Kier molecular flexibility index (Phi) is 5.00. The van der Waals surface area contributed by atoms with Gasteiger partial charge in [0, 0.05) is 42.1 Å². The standard InChI is InChI=1S/C43H28OS/c1-43(2)35-17-5-3-11-33(35)40-26(12-9-18-36(40)43)25-20-22-37-34(24-25)30-14-7-13-29-27(21-23-38(44-37)41(29)30)31-15-8-16-32-28-10-4-6-19-39(28)45-42(31)32/h3-24H,1-2H3. The second-order valence-electron chi connectivity index (χ2n) is 12.8. The van der Waals surface area contributed by atoms with Gasteiger partial charge in [-0.1, -0.05) is 117 Å². The minimum Gasteiger partial charge on any atom is -0.456 e. The molecule has 0 N–H and O–H groups in total. The number of hydrogen-bond donors (Lipinski definition) is 0. The minimum atomic E-state index is -0.0303. The molecule has 0 spiro atoms. The number of rotatable bonds is 2. The lowest BCUT2D eigenvalue weighted by molar-refractivity contribution is 0.487. The normalized spacial score (nSPS) is 13.9. The van der Waals surface area contributed by atoms with Crippen molar-refractivity contribution in [1.29, 1.82) is 0 Å². The molecular weight excluding hydrogens is 565 g/mol. The van der Waals surface area contributed by atoms with Crippen LogP contribution < -0.4 is 4.74 Å². The van der Waals surface area contributed by atoms with Crippen LogP contribution >= 0.6 is 11.3 Å². The van der Waals surface area contributed by atoms with Crippen molar-refractivity contribution >= 4 is 42.3 Å². The molecule has 1 nitrogen and oxygen atoms in total. The van der Waals surface area contributed by atoms with E-state index in [1.807, 2.05) is 11.3 Å². The summed E-state index contributed by atoms with van der Waals surface area (Å²) < 4.78 is 9.31. The fourth-order valence-corrected chi connectivity index (χ4v) is 9.22. The Morgan fingerprint density at radius 2 is 1.18 bits per heavy atom. The van der Waals surface area contributed by atoms with E-state index in [1.54, 1.807) is 0 Å². The zero-order valence-electron chi connectivity index (χ0n) is 25.0. The van der Waals surface area contributed by atoms with Crippen molar-refractivity contribution in [2.24, 2.45) is 0 Å². The van der Waals surface area contributed by atoms with Crippen LogP contribution in [0.1, 0.15) is 25.0 Å². The third kappa shape index (κ3) is 3.38. The van der Waals surface area contributed by atoms with Crippen molar-refractivity contribution in [1.82, 2.24) is 0 Å². The summed E-state index contributed by atoms with van der Waals surface area (Å²) in [5, 5.41) is 5.05. The van der Waals surface area contributed by atoms with Crippen molar-refractivity contribution in [3.63, 3.8) is 0 Å². The van der Waals surface area contributed by atoms with E-state index >= 15 is 0 Å². The lowest BCUT2D eigenvalue weighted by Gasteiger charge is -2.24. The van der Waals surface area contributed by atoms with Crippen LogP contribution in [0.15, 0.2) is 133 Å². The number of ether oxygens (including phenoxy) is 1. The molecule has 0 bridgehead atoms. The van der Waals surface area contributed by atoms with Crippen LogP contribution in [0.4, 0.5) is 0 Å². The first-order chi connectivity index (χ1) is 22.1. The molecule has 0 radical (unpaired) electrons. The summed E-state index contributed by atoms with van der Waals surface area (Å²) in [7, 11) is 0. The van der Waals surface area contributed by atoms with E-state index < -0.39 is 0 Å². The highest BCUT2D eigenvalue weighted by molar-refractivity contribution is 7.26. The Balaban J connectivity index is 1.18. The molecule has 1 aliphatic carbocycles. The number of benzene rings is 7. The fraction of sp³-hybridized carbons (Fsp3) is 0.0698.